The van der Waals surface area contributed by atoms with Gasteiger partial charge in [-0.3, -0.25) is 4.79 Å². The van der Waals surface area contributed by atoms with E-state index >= 15 is 0 Å². The summed E-state index contributed by atoms with van der Waals surface area (Å²) in [6, 6.07) is 6.68. The topological polar surface area (TPSA) is 94.8 Å². The molecule has 1 heterocycles. The summed E-state index contributed by atoms with van der Waals surface area (Å²) in [7, 11) is -1.58. The molecule has 1 aromatic carbocycles. The largest absolute Gasteiger partial charge is 0.489 e. The van der Waals surface area contributed by atoms with Crippen LogP contribution in [0.1, 0.15) is 16.3 Å². The highest BCUT2D eigenvalue weighted by atomic mass is 32.1. The van der Waals surface area contributed by atoms with Crippen LogP contribution in [0.25, 0.3) is 0 Å². The number of hydrogen-bond donors (Lipinski definition) is 3. The Morgan fingerprint density at radius 2 is 2.24 bits per heavy atom. The number of nitrogens with one attached hydrogen (secondary N) is 1. The Morgan fingerprint density at radius 3 is 2.90 bits per heavy atom. The Labute approximate surface area is 126 Å². The van der Waals surface area contributed by atoms with Crippen molar-refractivity contribution < 1.29 is 14.8 Å². The van der Waals surface area contributed by atoms with Gasteiger partial charge in [-0.05, 0) is 17.9 Å². The Hall–Kier alpha value is -2.03. The van der Waals surface area contributed by atoms with Crippen molar-refractivity contribution in [2.24, 2.45) is 5.10 Å². The van der Waals surface area contributed by atoms with Gasteiger partial charge in [-0.15, -0.1) is 11.3 Å². The van der Waals surface area contributed by atoms with Gasteiger partial charge in [0.05, 0.1) is 23.3 Å². The fraction of sp³-hybridized carbons (Fsp3) is 0.154. The molecule has 0 aliphatic carbocycles. The molecule has 0 unspecified atom stereocenters. The van der Waals surface area contributed by atoms with Crippen LogP contribution in [0.4, 0.5) is 0 Å². The van der Waals surface area contributed by atoms with Crippen molar-refractivity contribution in [3.63, 3.8) is 0 Å². The molecule has 6 nitrogen and oxygen atoms in total. The minimum Gasteiger partial charge on any atom is -0.423 e. The maximum absolute atomic E-state index is 11.7. The summed E-state index contributed by atoms with van der Waals surface area (Å²) in [5.41, 5.74) is 3.94. The molecule has 0 aliphatic heterocycles. The van der Waals surface area contributed by atoms with Crippen LogP contribution in [0.2, 0.25) is 0 Å². The molecular formula is C13H14BN3O3S. The monoisotopic (exact) mass is 303 g/mol. The molecule has 0 saturated heterocycles. The third-order valence-corrected chi connectivity index (χ3v) is 3.50. The summed E-state index contributed by atoms with van der Waals surface area (Å²) in [5, 5.41) is 25.0. The number of nitrogens with zero attached hydrogens (tertiary/aromatic N) is 2. The first kappa shape index (κ1) is 15.4. The molecule has 0 saturated carbocycles. The molecule has 3 N–H and O–H groups in total. The number of hydrazone groups is 1. The van der Waals surface area contributed by atoms with E-state index in [1.807, 2.05) is 12.3 Å². The zero-order valence-corrected chi connectivity index (χ0v) is 12.2. The summed E-state index contributed by atoms with van der Waals surface area (Å²) in [4.78, 5) is 15.9. The Kier molecular flexibility index (Phi) is 5.21. The lowest BCUT2D eigenvalue weighted by Crippen LogP contribution is -2.33. The lowest BCUT2D eigenvalue weighted by Gasteiger charge is -2.03. The predicted molar refractivity (Wildman–Crippen MR) is 82.6 cm³/mol. The highest BCUT2D eigenvalue weighted by Crippen LogP contribution is 2.08. The molecule has 8 heteroatoms. The average molecular weight is 303 g/mol. The van der Waals surface area contributed by atoms with Crippen LogP contribution < -0.4 is 10.9 Å². The first-order valence-corrected chi connectivity index (χ1v) is 7.12. The van der Waals surface area contributed by atoms with Crippen LogP contribution in [-0.2, 0) is 11.2 Å². The van der Waals surface area contributed by atoms with E-state index in [1.165, 1.54) is 17.6 Å². The van der Waals surface area contributed by atoms with Crippen LogP contribution in [0.5, 0.6) is 0 Å². The number of amides is 1. The van der Waals surface area contributed by atoms with Crippen LogP contribution in [0, 0.1) is 6.92 Å². The van der Waals surface area contributed by atoms with Gasteiger partial charge in [-0.2, -0.15) is 5.10 Å². The van der Waals surface area contributed by atoms with Crippen molar-refractivity contribution in [1.29, 1.82) is 0 Å². The second-order valence-electron chi connectivity index (χ2n) is 4.33. The maximum atomic E-state index is 11.7. The van der Waals surface area contributed by atoms with Gasteiger partial charge in [0.1, 0.15) is 0 Å². The van der Waals surface area contributed by atoms with E-state index in [9.17, 15) is 14.8 Å². The fourth-order valence-electron chi connectivity index (χ4n) is 1.73. The first-order chi connectivity index (χ1) is 10.1. The molecule has 1 amide bonds. The Morgan fingerprint density at radius 1 is 1.48 bits per heavy atom. The molecule has 21 heavy (non-hydrogen) atoms. The zero-order valence-electron chi connectivity index (χ0n) is 11.4. The number of hydrogen-bond acceptors (Lipinski definition) is 6. The third-order valence-electron chi connectivity index (χ3n) is 2.68. The normalized spacial score (nSPS) is 10.8. The van der Waals surface area contributed by atoms with Crippen LogP contribution in [0.15, 0.2) is 34.7 Å². The first-order valence-electron chi connectivity index (χ1n) is 6.24. The van der Waals surface area contributed by atoms with Crippen molar-refractivity contribution in [3.05, 3.63) is 45.9 Å². The van der Waals surface area contributed by atoms with Crippen LogP contribution in [-0.4, -0.2) is 34.3 Å². The van der Waals surface area contributed by atoms with Gasteiger partial charge in [-0.1, -0.05) is 24.3 Å². The molecule has 1 aromatic heterocycles. The lowest BCUT2D eigenvalue weighted by molar-refractivity contribution is -0.120. The molecule has 0 spiro atoms. The highest BCUT2D eigenvalue weighted by Gasteiger charge is 2.13. The van der Waals surface area contributed by atoms with Crippen molar-refractivity contribution in [3.8, 4) is 0 Å². The molecule has 0 fully saturated rings. The van der Waals surface area contributed by atoms with Crippen molar-refractivity contribution in [2.45, 2.75) is 13.3 Å². The second-order valence-corrected chi connectivity index (χ2v) is 5.39. The average Bonchev–Trinajstić information content (AvgIpc) is 2.84. The smallest absolute Gasteiger partial charge is 0.423 e. The molecular weight excluding hydrogens is 289 g/mol. The van der Waals surface area contributed by atoms with E-state index in [0.29, 0.717) is 16.7 Å². The van der Waals surface area contributed by atoms with Gasteiger partial charge in [0.15, 0.2) is 0 Å². The number of rotatable bonds is 5. The lowest BCUT2D eigenvalue weighted by atomic mass is 9.77. The number of carbonyl (C=O) groups is 1. The van der Waals surface area contributed by atoms with Crippen LogP contribution >= 0.6 is 11.3 Å². The predicted octanol–water partition coefficient (Wildman–Crippen LogP) is -0.176. The van der Waals surface area contributed by atoms with E-state index in [2.05, 4.69) is 15.5 Å². The molecule has 0 radical (unpaired) electrons. The van der Waals surface area contributed by atoms with E-state index < -0.39 is 7.12 Å². The van der Waals surface area contributed by atoms with E-state index in [4.69, 9.17) is 0 Å². The summed E-state index contributed by atoms with van der Waals surface area (Å²) < 4.78 is 0. The molecule has 0 atom stereocenters. The highest BCUT2D eigenvalue weighted by molar-refractivity contribution is 7.09. The van der Waals surface area contributed by atoms with Crippen molar-refractivity contribution in [1.82, 2.24) is 10.4 Å². The summed E-state index contributed by atoms with van der Waals surface area (Å²) in [5.74, 6) is -0.279. The molecule has 108 valence electrons. The summed E-state index contributed by atoms with van der Waals surface area (Å²) in [6.45, 7) is 1.88. The Balaban J connectivity index is 1.95. The Bertz CT molecular complexity index is 658. The number of aryl methyl sites for hydroxylation is 1. The maximum Gasteiger partial charge on any atom is 0.489 e. The van der Waals surface area contributed by atoms with Gasteiger partial charge >= 0.3 is 7.12 Å². The van der Waals surface area contributed by atoms with E-state index in [-0.39, 0.29) is 12.3 Å². The van der Waals surface area contributed by atoms with E-state index in [0.717, 1.165) is 5.01 Å². The molecule has 0 aliphatic rings. The zero-order chi connectivity index (χ0) is 15.2. The van der Waals surface area contributed by atoms with E-state index in [1.54, 1.807) is 24.3 Å². The number of thiazole rings is 1. The van der Waals surface area contributed by atoms with Crippen molar-refractivity contribution >= 4 is 36.0 Å². The van der Waals surface area contributed by atoms with Gasteiger partial charge < -0.3 is 10.0 Å². The fourth-order valence-corrected chi connectivity index (χ4v) is 2.34. The standard InChI is InChI=1S/C13H14BN3O3S/c1-9-16-11(8-21-9)6-13(18)17-15-7-10-4-2-3-5-12(10)14(19)20/h2-5,7-8,19-20H,6H2,1H3,(H,17,18)/b15-7+. The minimum absolute atomic E-state index is 0.159. The number of carbonyl (C=O) groups excluding carboxylic acids is 1. The van der Waals surface area contributed by atoms with Crippen molar-refractivity contribution in [2.75, 3.05) is 0 Å². The second kappa shape index (κ2) is 7.12. The number of benzene rings is 1. The summed E-state index contributed by atoms with van der Waals surface area (Å²) >= 11 is 1.49. The van der Waals surface area contributed by atoms with Gasteiger partial charge in [-0.25, -0.2) is 10.4 Å². The van der Waals surface area contributed by atoms with Crippen LogP contribution in [0.3, 0.4) is 0 Å². The van der Waals surface area contributed by atoms with Gasteiger partial charge in [0, 0.05) is 5.38 Å². The molecule has 2 aromatic rings. The minimum atomic E-state index is -1.58. The van der Waals surface area contributed by atoms with Gasteiger partial charge in [0.25, 0.3) is 0 Å². The molecule has 2 rings (SSSR count). The third kappa shape index (κ3) is 4.49. The SMILES string of the molecule is Cc1nc(CC(=O)N/N=C/c2ccccc2B(O)O)cs1. The van der Waals surface area contributed by atoms with Gasteiger partial charge in [0.2, 0.25) is 5.91 Å². The number of aromatic nitrogens is 1. The quantitative estimate of drug-likeness (QED) is 0.406. The summed E-state index contributed by atoms with van der Waals surface area (Å²) in [6.07, 6.45) is 1.53. The molecule has 0 bridgehead atoms.